The lowest BCUT2D eigenvalue weighted by Crippen LogP contribution is -2.42. The van der Waals surface area contributed by atoms with Crippen LogP contribution in [0, 0.1) is 5.92 Å². The zero-order valence-corrected chi connectivity index (χ0v) is 11.2. The molecular formula is C13H29NO. The van der Waals surface area contributed by atoms with Crippen LogP contribution in [0.25, 0.3) is 0 Å². The molecule has 0 aliphatic carbocycles. The van der Waals surface area contributed by atoms with Crippen molar-refractivity contribution in [3.05, 3.63) is 0 Å². The summed E-state index contributed by atoms with van der Waals surface area (Å²) in [4.78, 5) is 0. The summed E-state index contributed by atoms with van der Waals surface area (Å²) >= 11 is 0. The highest BCUT2D eigenvalue weighted by Crippen LogP contribution is 2.12. The average molecular weight is 215 g/mol. The monoisotopic (exact) mass is 215 g/mol. The van der Waals surface area contributed by atoms with E-state index in [1.807, 2.05) is 0 Å². The Hall–Kier alpha value is -0.0800. The molecule has 0 aliphatic heterocycles. The molecule has 0 heterocycles. The maximum Gasteiger partial charge on any atom is 0.0591 e. The summed E-state index contributed by atoms with van der Waals surface area (Å²) in [5.41, 5.74) is 0.293. The van der Waals surface area contributed by atoms with Crippen molar-refractivity contribution in [1.82, 2.24) is 5.32 Å². The number of rotatable bonds is 9. The molecule has 0 unspecified atom stereocenters. The quantitative estimate of drug-likeness (QED) is 0.596. The molecule has 0 saturated heterocycles. The number of hydrogen-bond acceptors (Lipinski definition) is 2. The number of hydrogen-bond donors (Lipinski definition) is 1. The van der Waals surface area contributed by atoms with Crippen molar-refractivity contribution in [2.75, 3.05) is 19.8 Å². The lowest BCUT2D eigenvalue weighted by atomic mass is 9.96. The summed E-state index contributed by atoms with van der Waals surface area (Å²) in [5, 5.41) is 3.56. The minimum Gasteiger partial charge on any atom is -0.380 e. The Morgan fingerprint density at radius 1 is 1.13 bits per heavy atom. The van der Waals surface area contributed by atoms with Gasteiger partial charge in [-0.2, -0.15) is 0 Å². The maximum absolute atomic E-state index is 5.57. The largest absolute Gasteiger partial charge is 0.380 e. The summed E-state index contributed by atoms with van der Waals surface area (Å²) in [6.45, 7) is 13.9. The van der Waals surface area contributed by atoms with E-state index in [9.17, 15) is 0 Å². The fraction of sp³-hybridized carbons (Fsp3) is 1.00. The minimum absolute atomic E-state index is 0.293. The lowest BCUT2D eigenvalue weighted by Gasteiger charge is -2.28. The SMILES string of the molecule is CCC(C)(CC)NCCOCCC(C)C. The summed E-state index contributed by atoms with van der Waals surface area (Å²) in [5.74, 6) is 0.745. The van der Waals surface area contributed by atoms with Crippen molar-refractivity contribution in [3.8, 4) is 0 Å². The average Bonchev–Trinajstić information content (AvgIpc) is 2.22. The Morgan fingerprint density at radius 3 is 2.20 bits per heavy atom. The molecule has 1 N–H and O–H groups in total. The van der Waals surface area contributed by atoms with Gasteiger partial charge in [-0.25, -0.2) is 0 Å². The zero-order chi connectivity index (χ0) is 11.7. The predicted molar refractivity (Wildman–Crippen MR) is 67.3 cm³/mol. The molecule has 0 bridgehead atoms. The highest BCUT2D eigenvalue weighted by atomic mass is 16.5. The first-order chi connectivity index (χ1) is 7.04. The van der Waals surface area contributed by atoms with E-state index in [1.54, 1.807) is 0 Å². The van der Waals surface area contributed by atoms with E-state index < -0.39 is 0 Å². The third-order valence-corrected chi connectivity index (χ3v) is 3.20. The molecule has 0 spiro atoms. The molecule has 0 saturated carbocycles. The van der Waals surface area contributed by atoms with Crippen LogP contribution in [-0.2, 0) is 4.74 Å². The molecule has 15 heavy (non-hydrogen) atoms. The Bertz CT molecular complexity index is 141. The first-order valence-corrected chi connectivity index (χ1v) is 6.37. The Morgan fingerprint density at radius 2 is 1.73 bits per heavy atom. The Kier molecular flexibility index (Phi) is 8.07. The van der Waals surface area contributed by atoms with Gasteiger partial charge in [0.25, 0.3) is 0 Å². The summed E-state index contributed by atoms with van der Waals surface area (Å²) in [7, 11) is 0. The summed E-state index contributed by atoms with van der Waals surface area (Å²) in [6.07, 6.45) is 3.52. The van der Waals surface area contributed by atoms with Gasteiger partial charge >= 0.3 is 0 Å². The van der Waals surface area contributed by atoms with Gasteiger partial charge in [-0.15, -0.1) is 0 Å². The standard InChI is InChI=1S/C13H29NO/c1-6-13(5,7-2)14-9-11-15-10-8-12(3)4/h12,14H,6-11H2,1-5H3. The third-order valence-electron chi connectivity index (χ3n) is 3.20. The van der Waals surface area contributed by atoms with Gasteiger partial charge in [-0.1, -0.05) is 27.7 Å². The van der Waals surface area contributed by atoms with Gasteiger partial charge in [0.05, 0.1) is 6.61 Å². The highest BCUT2D eigenvalue weighted by Gasteiger charge is 2.17. The van der Waals surface area contributed by atoms with Gasteiger partial charge in [0.1, 0.15) is 0 Å². The van der Waals surface area contributed by atoms with Gasteiger partial charge in [0, 0.05) is 18.7 Å². The molecule has 0 rings (SSSR count). The fourth-order valence-electron chi connectivity index (χ4n) is 1.35. The van der Waals surface area contributed by atoms with Crippen LogP contribution in [0.2, 0.25) is 0 Å². The number of ether oxygens (including phenoxy) is 1. The normalized spacial score (nSPS) is 12.4. The Labute approximate surface area is 95.8 Å². The van der Waals surface area contributed by atoms with Crippen molar-refractivity contribution in [1.29, 1.82) is 0 Å². The summed E-state index contributed by atoms with van der Waals surface area (Å²) < 4.78 is 5.57. The van der Waals surface area contributed by atoms with Crippen LogP contribution < -0.4 is 5.32 Å². The molecule has 0 radical (unpaired) electrons. The van der Waals surface area contributed by atoms with Crippen LogP contribution in [0.5, 0.6) is 0 Å². The van der Waals surface area contributed by atoms with Gasteiger partial charge in [-0.05, 0) is 32.1 Å². The lowest BCUT2D eigenvalue weighted by molar-refractivity contribution is 0.118. The second-order valence-corrected chi connectivity index (χ2v) is 4.99. The van der Waals surface area contributed by atoms with Crippen LogP contribution in [0.3, 0.4) is 0 Å². The maximum atomic E-state index is 5.57. The van der Waals surface area contributed by atoms with Crippen LogP contribution >= 0.6 is 0 Å². The predicted octanol–water partition coefficient (Wildman–Crippen LogP) is 3.22. The van der Waals surface area contributed by atoms with Gasteiger partial charge in [0.2, 0.25) is 0 Å². The summed E-state index contributed by atoms with van der Waals surface area (Å²) in [6, 6.07) is 0. The fourth-order valence-corrected chi connectivity index (χ4v) is 1.35. The second kappa shape index (κ2) is 8.12. The van der Waals surface area contributed by atoms with Crippen LogP contribution in [0.1, 0.15) is 53.9 Å². The topological polar surface area (TPSA) is 21.3 Å². The van der Waals surface area contributed by atoms with Crippen LogP contribution in [0.4, 0.5) is 0 Å². The zero-order valence-electron chi connectivity index (χ0n) is 11.2. The smallest absolute Gasteiger partial charge is 0.0591 e. The molecule has 0 aromatic carbocycles. The van der Waals surface area contributed by atoms with Gasteiger partial charge < -0.3 is 10.1 Å². The molecular weight excluding hydrogens is 186 g/mol. The van der Waals surface area contributed by atoms with E-state index in [-0.39, 0.29) is 0 Å². The van der Waals surface area contributed by atoms with Crippen molar-refractivity contribution < 1.29 is 4.74 Å². The minimum atomic E-state index is 0.293. The molecule has 0 amide bonds. The molecule has 2 heteroatoms. The van der Waals surface area contributed by atoms with Crippen LogP contribution in [0.15, 0.2) is 0 Å². The van der Waals surface area contributed by atoms with Crippen LogP contribution in [-0.4, -0.2) is 25.3 Å². The second-order valence-electron chi connectivity index (χ2n) is 4.99. The van der Waals surface area contributed by atoms with E-state index in [1.165, 1.54) is 19.3 Å². The van der Waals surface area contributed by atoms with Crippen molar-refractivity contribution >= 4 is 0 Å². The molecule has 2 nitrogen and oxygen atoms in total. The van der Waals surface area contributed by atoms with E-state index >= 15 is 0 Å². The first kappa shape index (κ1) is 14.9. The first-order valence-electron chi connectivity index (χ1n) is 6.37. The number of nitrogens with one attached hydrogen (secondary N) is 1. The van der Waals surface area contributed by atoms with E-state index in [0.717, 1.165) is 25.7 Å². The molecule has 0 aromatic heterocycles. The van der Waals surface area contributed by atoms with Crippen molar-refractivity contribution in [3.63, 3.8) is 0 Å². The van der Waals surface area contributed by atoms with E-state index in [0.29, 0.717) is 5.54 Å². The van der Waals surface area contributed by atoms with Crippen molar-refractivity contribution in [2.45, 2.75) is 59.4 Å². The molecule has 0 fully saturated rings. The van der Waals surface area contributed by atoms with Gasteiger partial charge in [-0.3, -0.25) is 0 Å². The van der Waals surface area contributed by atoms with Crippen molar-refractivity contribution in [2.24, 2.45) is 5.92 Å². The molecule has 0 aromatic rings. The van der Waals surface area contributed by atoms with Gasteiger partial charge in [0.15, 0.2) is 0 Å². The third kappa shape index (κ3) is 7.80. The molecule has 0 atom stereocenters. The Balaban J connectivity index is 3.37. The highest BCUT2D eigenvalue weighted by molar-refractivity contribution is 4.79. The molecule has 92 valence electrons. The van der Waals surface area contributed by atoms with E-state index in [4.69, 9.17) is 4.74 Å². The molecule has 0 aliphatic rings. The van der Waals surface area contributed by atoms with E-state index in [2.05, 4.69) is 39.9 Å².